The van der Waals surface area contributed by atoms with Crippen LogP contribution in [0, 0.1) is 0 Å². The van der Waals surface area contributed by atoms with Crippen molar-refractivity contribution in [1.82, 2.24) is 25.0 Å². The Bertz CT molecular complexity index is 1520. The average Bonchev–Trinajstić information content (AvgIpc) is 3.70. The fraction of sp³-hybridized carbons (Fsp3) is 0.222. The van der Waals surface area contributed by atoms with E-state index in [-0.39, 0.29) is 18.3 Å². The maximum atomic E-state index is 6.67. The molecule has 5 aromatic rings. The normalized spacial score (nSPS) is 21.2. The Kier molecular flexibility index (Phi) is 5.23. The molecule has 0 bridgehead atoms. The zero-order valence-electron chi connectivity index (χ0n) is 19.2. The number of H-pyrrole nitrogens is 1. The molecule has 2 aliphatic rings. The lowest BCUT2D eigenvalue weighted by atomic mass is 10.00. The van der Waals surface area contributed by atoms with Gasteiger partial charge in [0, 0.05) is 12.2 Å². The van der Waals surface area contributed by atoms with Crippen LogP contribution in [-0.2, 0) is 9.47 Å². The first-order valence-electron chi connectivity index (χ1n) is 11.9. The van der Waals surface area contributed by atoms with Gasteiger partial charge in [0.2, 0.25) is 0 Å². The molecule has 7 rings (SSSR count). The first-order valence-corrected chi connectivity index (χ1v) is 12.3. The number of hydrogen-bond donors (Lipinski definition) is 1. The van der Waals surface area contributed by atoms with Gasteiger partial charge in [-0.2, -0.15) is 4.98 Å². The smallest absolute Gasteiger partial charge is 0.295 e. The van der Waals surface area contributed by atoms with Crippen LogP contribution in [0.1, 0.15) is 6.42 Å². The third-order valence-corrected chi connectivity index (χ3v) is 7.13. The topological polar surface area (TPSA) is 87.1 Å². The second kappa shape index (κ2) is 8.74. The minimum absolute atomic E-state index is 0.0327. The van der Waals surface area contributed by atoms with Crippen LogP contribution in [-0.4, -0.2) is 56.5 Å². The van der Waals surface area contributed by atoms with Crippen LogP contribution in [0.5, 0.6) is 6.01 Å². The van der Waals surface area contributed by atoms with Gasteiger partial charge in [0.1, 0.15) is 6.10 Å². The molecule has 180 valence electrons. The van der Waals surface area contributed by atoms with Gasteiger partial charge >= 0.3 is 0 Å². The van der Waals surface area contributed by atoms with E-state index in [4.69, 9.17) is 25.8 Å². The Morgan fingerprint density at radius 1 is 0.972 bits per heavy atom. The molecular weight excluding hydrogens is 478 g/mol. The molecule has 0 saturated carbocycles. The quantitative estimate of drug-likeness (QED) is 0.363. The molecule has 2 saturated heterocycles. The highest BCUT2D eigenvalue weighted by Gasteiger charge is 2.43. The Morgan fingerprint density at radius 3 is 2.53 bits per heavy atom. The summed E-state index contributed by atoms with van der Waals surface area (Å²) in [5.74, 6) is 0. The highest BCUT2D eigenvalue weighted by Crippen LogP contribution is 2.35. The Balaban J connectivity index is 1.12. The predicted octanol–water partition coefficient (Wildman–Crippen LogP) is 5.07. The van der Waals surface area contributed by atoms with Gasteiger partial charge in [0.05, 0.1) is 46.8 Å². The molecular formula is C27H22ClN5O3. The molecule has 2 aromatic heterocycles. The summed E-state index contributed by atoms with van der Waals surface area (Å²) < 4.78 is 19.4. The highest BCUT2D eigenvalue weighted by atomic mass is 35.5. The van der Waals surface area contributed by atoms with E-state index in [2.05, 4.69) is 56.7 Å². The van der Waals surface area contributed by atoms with Crippen LogP contribution in [0.4, 0.5) is 0 Å². The van der Waals surface area contributed by atoms with Gasteiger partial charge in [0.25, 0.3) is 6.01 Å². The molecule has 1 N–H and O–H groups in total. The van der Waals surface area contributed by atoms with Crippen LogP contribution in [0.15, 0.2) is 73.1 Å². The zero-order chi connectivity index (χ0) is 24.1. The van der Waals surface area contributed by atoms with E-state index in [9.17, 15) is 0 Å². The van der Waals surface area contributed by atoms with Crippen molar-refractivity contribution in [3.05, 3.63) is 78.1 Å². The molecule has 0 radical (unpaired) electrons. The Morgan fingerprint density at radius 2 is 1.75 bits per heavy atom. The van der Waals surface area contributed by atoms with Crippen LogP contribution >= 0.6 is 11.6 Å². The lowest BCUT2D eigenvalue weighted by Crippen LogP contribution is -2.32. The van der Waals surface area contributed by atoms with Gasteiger partial charge in [-0.1, -0.05) is 53.2 Å². The second-order valence-electron chi connectivity index (χ2n) is 9.02. The van der Waals surface area contributed by atoms with E-state index in [0.29, 0.717) is 24.2 Å². The minimum atomic E-state index is -0.161. The number of aromatic amines is 1. The van der Waals surface area contributed by atoms with E-state index in [1.54, 1.807) is 10.9 Å². The Hall–Kier alpha value is -3.72. The van der Waals surface area contributed by atoms with E-state index in [1.165, 1.54) is 0 Å². The summed E-state index contributed by atoms with van der Waals surface area (Å²) in [5.41, 5.74) is 6.74. The molecule has 0 spiro atoms. The molecule has 0 aliphatic carbocycles. The van der Waals surface area contributed by atoms with Gasteiger partial charge in [-0.25, -0.2) is 4.68 Å². The van der Waals surface area contributed by atoms with Crippen molar-refractivity contribution in [3.8, 4) is 34.0 Å². The van der Waals surface area contributed by atoms with Gasteiger partial charge in [-0.15, -0.1) is 5.10 Å². The summed E-state index contributed by atoms with van der Waals surface area (Å²) >= 11 is 6.67. The number of rotatable bonds is 5. The number of nitrogens with one attached hydrogen (secondary N) is 1. The van der Waals surface area contributed by atoms with E-state index in [0.717, 1.165) is 45.4 Å². The fourth-order valence-electron chi connectivity index (χ4n) is 4.95. The number of fused-ring (bicyclic) bond motifs is 2. The number of hydrogen-bond acceptors (Lipinski definition) is 6. The van der Waals surface area contributed by atoms with Crippen molar-refractivity contribution in [1.29, 1.82) is 0 Å². The lowest BCUT2D eigenvalue weighted by Gasteiger charge is -2.15. The van der Waals surface area contributed by atoms with Gasteiger partial charge in [0.15, 0.2) is 6.10 Å². The lowest BCUT2D eigenvalue weighted by molar-refractivity contribution is 0.0273. The van der Waals surface area contributed by atoms with Crippen LogP contribution < -0.4 is 4.74 Å². The summed E-state index contributed by atoms with van der Waals surface area (Å²) in [7, 11) is 0. The summed E-state index contributed by atoms with van der Waals surface area (Å²) in [4.78, 5) is 7.88. The molecule has 9 heteroatoms. The molecule has 36 heavy (non-hydrogen) atoms. The van der Waals surface area contributed by atoms with Crippen molar-refractivity contribution < 1.29 is 14.2 Å². The number of halogens is 1. The van der Waals surface area contributed by atoms with E-state index in [1.807, 2.05) is 30.5 Å². The third-order valence-electron chi connectivity index (χ3n) is 6.82. The summed E-state index contributed by atoms with van der Waals surface area (Å²) in [6.07, 6.45) is 4.32. The standard InChI is InChI=1S/C27H22ClN5O3/c28-21-14-23-22(30-27(31-23)36-25-15-35-24-9-12-34-26(24)25)13-20(21)18-3-1-16(2-4-18)17-5-7-19(8-6-17)33-11-10-29-32-33/h1-8,10-11,13-14,24-26H,9,12,15H2,(H,30,31)/t24-,25?,26+/m1/s1. The number of benzene rings is 3. The summed E-state index contributed by atoms with van der Waals surface area (Å²) in [6, 6.07) is 20.9. The SMILES string of the molecule is Clc1cc2[nH]c(OC3CO[C@@H]4CCO[C@H]34)nc2cc1-c1ccc(-c2ccc(-n3ccnn3)cc2)cc1. The average molecular weight is 500 g/mol. The van der Waals surface area contributed by atoms with Gasteiger partial charge in [-0.3, -0.25) is 0 Å². The molecule has 1 unspecified atom stereocenters. The van der Waals surface area contributed by atoms with Crippen molar-refractivity contribution in [2.45, 2.75) is 24.7 Å². The monoisotopic (exact) mass is 499 g/mol. The van der Waals surface area contributed by atoms with E-state index >= 15 is 0 Å². The number of ether oxygens (including phenoxy) is 3. The molecule has 2 aliphatic heterocycles. The molecule has 0 amide bonds. The summed E-state index contributed by atoms with van der Waals surface area (Å²) in [6.45, 7) is 1.22. The number of imidazole rings is 1. The molecule has 8 nitrogen and oxygen atoms in total. The van der Waals surface area contributed by atoms with Crippen LogP contribution in [0.25, 0.3) is 39.0 Å². The first kappa shape index (κ1) is 21.6. The van der Waals surface area contributed by atoms with Gasteiger partial charge in [-0.05, 0) is 47.4 Å². The molecule has 3 aromatic carbocycles. The van der Waals surface area contributed by atoms with Crippen molar-refractivity contribution in [3.63, 3.8) is 0 Å². The predicted molar refractivity (Wildman–Crippen MR) is 135 cm³/mol. The number of nitrogens with zero attached hydrogens (tertiary/aromatic N) is 4. The van der Waals surface area contributed by atoms with Gasteiger partial charge < -0.3 is 19.2 Å². The second-order valence-corrected chi connectivity index (χ2v) is 9.42. The van der Waals surface area contributed by atoms with Crippen LogP contribution in [0.2, 0.25) is 5.02 Å². The largest absolute Gasteiger partial charge is 0.456 e. The van der Waals surface area contributed by atoms with Crippen molar-refractivity contribution in [2.24, 2.45) is 0 Å². The fourth-order valence-corrected chi connectivity index (χ4v) is 5.23. The maximum absolute atomic E-state index is 6.67. The highest BCUT2D eigenvalue weighted by molar-refractivity contribution is 6.34. The number of aromatic nitrogens is 5. The molecule has 2 fully saturated rings. The Labute approximate surface area is 211 Å². The third kappa shape index (κ3) is 3.83. The van der Waals surface area contributed by atoms with Crippen LogP contribution in [0.3, 0.4) is 0 Å². The minimum Gasteiger partial charge on any atom is -0.456 e. The molecule has 3 atom stereocenters. The van der Waals surface area contributed by atoms with Crippen molar-refractivity contribution in [2.75, 3.05) is 13.2 Å². The maximum Gasteiger partial charge on any atom is 0.295 e. The molecule has 4 heterocycles. The zero-order valence-corrected chi connectivity index (χ0v) is 19.9. The first-order chi connectivity index (χ1) is 17.7. The van der Waals surface area contributed by atoms with E-state index < -0.39 is 0 Å². The summed E-state index contributed by atoms with van der Waals surface area (Å²) in [5, 5.41) is 8.53. The van der Waals surface area contributed by atoms with Crippen molar-refractivity contribution >= 4 is 22.6 Å².